The van der Waals surface area contributed by atoms with Crippen LogP contribution in [0, 0.1) is 0 Å². The standard InChI is InChI=1S/C20H18O5/c1-22-17-10-13-9-14(20(21)15(13)11-18(17)23-2)7-12-3-4-16-19(8-12)25-6-5-24-16/h3-4,7-8,10-11H,5-6,9H2,1-2H3/b14-7-. The van der Waals surface area contributed by atoms with Gasteiger partial charge in [-0.1, -0.05) is 6.07 Å². The van der Waals surface area contributed by atoms with Gasteiger partial charge in [0.2, 0.25) is 0 Å². The highest BCUT2D eigenvalue weighted by atomic mass is 16.6. The molecule has 5 heteroatoms. The number of Topliss-reactive ketones (excluding diaryl/α,β-unsaturated/α-hetero) is 1. The van der Waals surface area contributed by atoms with Crippen LogP contribution < -0.4 is 18.9 Å². The molecule has 25 heavy (non-hydrogen) atoms. The first kappa shape index (κ1) is 15.6. The Morgan fingerprint density at radius 1 is 0.960 bits per heavy atom. The number of methoxy groups -OCH3 is 2. The minimum absolute atomic E-state index is 0.0193. The maximum atomic E-state index is 12.7. The van der Waals surface area contributed by atoms with E-state index in [-0.39, 0.29) is 5.78 Å². The number of fused-ring (bicyclic) bond motifs is 2. The van der Waals surface area contributed by atoms with E-state index in [4.69, 9.17) is 18.9 Å². The lowest BCUT2D eigenvalue weighted by Crippen LogP contribution is -2.15. The molecule has 1 aliphatic carbocycles. The maximum absolute atomic E-state index is 12.7. The smallest absolute Gasteiger partial charge is 0.189 e. The van der Waals surface area contributed by atoms with E-state index in [2.05, 4.69) is 0 Å². The quantitative estimate of drug-likeness (QED) is 0.804. The van der Waals surface area contributed by atoms with E-state index in [9.17, 15) is 4.79 Å². The molecular formula is C20H18O5. The first-order valence-corrected chi connectivity index (χ1v) is 8.09. The molecule has 0 spiro atoms. The van der Waals surface area contributed by atoms with Gasteiger partial charge in [-0.2, -0.15) is 0 Å². The van der Waals surface area contributed by atoms with Gasteiger partial charge in [-0.05, 0) is 41.5 Å². The van der Waals surface area contributed by atoms with Crippen molar-refractivity contribution < 1.29 is 23.7 Å². The average Bonchev–Trinajstić information content (AvgIpc) is 2.95. The van der Waals surface area contributed by atoms with Gasteiger partial charge >= 0.3 is 0 Å². The van der Waals surface area contributed by atoms with Crippen LogP contribution in [0.3, 0.4) is 0 Å². The van der Waals surface area contributed by atoms with Crippen molar-refractivity contribution in [3.8, 4) is 23.0 Å². The molecule has 5 nitrogen and oxygen atoms in total. The first-order chi connectivity index (χ1) is 12.2. The topological polar surface area (TPSA) is 54.0 Å². The molecule has 2 aromatic carbocycles. The van der Waals surface area contributed by atoms with Gasteiger partial charge < -0.3 is 18.9 Å². The van der Waals surface area contributed by atoms with E-state index in [1.807, 2.05) is 30.3 Å². The Morgan fingerprint density at radius 2 is 1.68 bits per heavy atom. The second kappa shape index (κ2) is 6.16. The third-order valence-corrected chi connectivity index (χ3v) is 4.43. The zero-order chi connectivity index (χ0) is 17.4. The van der Waals surface area contributed by atoms with Crippen molar-refractivity contribution in [2.24, 2.45) is 0 Å². The number of rotatable bonds is 3. The molecule has 1 aliphatic heterocycles. The monoisotopic (exact) mass is 338 g/mol. The van der Waals surface area contributed by atoms with Crippen LogP contribution in [0.1, 0.15) is 21.5 Å². The fourth-order valence-electron chi connectivity index (χ4n) is 3.20. The summed E-state index contributed by atoms with van der Waals surface area (Å²) < 4.78 is 21.8. The molecule has 0 amide bonds. The highest BCUT2D eigenvalue weighted by molar-refractivity contribution is 6.16. The van der Waals surface area contributed by atoms with E-state index in [1.54, 1.807) is 20.3 Å². The second-order valence-corrected chi connectivity index (χ2v) is 5.94. The molecule has 2 aromatic rings. The summed E-state index contributed by atoms with van der Waals surface area (Å²) in [5, 5.41) is 0. The van der Waals surface area contributed by atoms with Crippen molar-refractivity contribution >= 4 is 11.9 Å². The lowest BCUT2D eigenvalue weighted by molar-refractivity contribution is 0.104. The van der Waals surface area contributed by atoms with Crippen molar-refractivity contribution in [2.45, 2.75) is 6.42 Å². The number of carbonyl (C=O) groups is 1. The highest BCUT2D eigenvalue weighted by Crippen LogP contribution is 2.38. The van der Waals surface area contributed by atoms with Crippen LogP contribution >= 0.6 is 0 Å². The predicted octanol–water partition coefficient (Wildman–Crippen LogP) is 3.30. The van der Waals surface area contributed by atoms with E-state index in [0.717, 1.165) is 22.4 Å². The van der Waals surface area contributed by atoms with Crippen LogP contribution in [0.2, 0.25) is 0 Å². The molecule has 0 fully saturated rings. The Labute approximate surface area is 145 Å². The zero-order valence-corrected chi connectivity index (χ0v) is 14.1. The molecule has 0 atom stereocenters. The Balaban J connectivity index is 1.68. The first-order valence-electron chi connectivity index (χ1n) is 8.09. The SMILES string of the molecule is COc1cc2c(cc1OC)C(=O)/C(=C\c1ccc3c(c1)OCCO3)C2. The molecule has 0 saturated heterocycles. The van der Waals surface area contributed by atoms with Crippen LogP contribution in [0.25, 0.3) is 6.08 Å². The van der Waals surface area contributed by atoms with Gasteiger partial charge in [0.05, 0.1) is 14.2 Å². The minimum atomic E-state index is 0.0193. The summed E-state index contributed by atoms with van der Waals surface area (Å²) in [6.07, 6.45) is 2.47. The number of benzene rings is 2. The Morgan fingerprint density at radius 3 is 2.44 bits per heavy atom. The van der Waals surface area contributed by atoms with E-state index >= 15 is 0 Å². The third kappa shape index (κ3) is 2.71. The largest absolute Gasteiger partial charge is 0.493 e. The van der Waals surface area contributed by atoms with Crippen molar-refractivity contribution in [3.63, 3.8) is 0 Å². The minimum Gasteiger partial charge on any atom is -0.493 e. The number of ketones is 1. The summed E-state index contributed by atoms with van der Waals surface area (Å²) in [4.78, 5) is 12.7. The number of hydrogen-bond donors (Lipinski definition) is 0. The summed E-state index contributed by atoms with van der Waals surface area (Å²) >= 11 is 0. The lowest BCUT2D eigenvalue weighted by atomic mass is 10.1. The molecule has 1 heterocycles. The highest BCUT2D eigenvalue weighted by Gasteiger charge is 2.27. The Bertz CT molecular complexity index is 882. The van der Waals surface area contributed by atoms with Gasteiger partial charge in [-0.3, -0.25) is 4.79 Å². The van der Waals surface area contributed by atoms with Gasteiger partial charge in [-0.15, -0.1) is 0 Å². The molecule has 128 valence electrons. The van der Waals surface area contributed by atoms with Gasteiger partial charge in [0.1, 0.15) is 13.2 Å². The van der Waals surface area contributed by atoms with E-state index in [0.29, 0.717) is 42.4 Å². The number of carbonyl (C=O) groups excluding carboxylic acids is 1. The van der Waals surface area contributed by atoms with Gasteiger partial charge in [0, 0.05) is 17.6 Å². The predicted molar refractivity (Wildman–Crippen MR) is 93.0 cm³/mol. The summed E-state index contributed by atoms with van der Waals surface area (Å²) in [6, 6.07) is 9.33. The Kier molecular flexibility index (Phi) is 3.84. The van der Waals surface area contributed by atoms with Gasteiger partial charge in [-0.25, -0.2) is 0 Å². The van der Waals surface area contributed by atoms with E-state index in [1.165, 1.54) is 0 Å². The summed E-state index contributed by atoms with van der Waals surface area (Å²) in [6.45, 7) is 1.10. The molecule has 4 rings (SSSR count). The van der Waals surface area contributed by atoms with Crippen molar-refractivity contribution in [2.75, 3.05) is 27.4 Å². The molecule has 0 aromatic heterocycles. The number of allylic oxidation sites excluding steroid dienone is 1. The second-order valence-electron chi connectivity index (χ2n) is 5.94. The van der Waals surface area contributed by atoms with Gasteiger partial charge in [0.15, 0.2) is 28.8 Å². The van der Waals surface area contributed by atoms with Crippen molar-refractivity contribution in [1.82, 2.24) is 0 Å². The molecule has 2 aliphatic rings. The fraction of sp³-hybridized carbons (Fsp3) is 0.250. The Hall–Kier alpha value is -2.95. The molecular weight excluding hydrogens is 320 g/mol. The van der Waals surface area contributed by atoms with Crippen LogP contribution in [0.5, 0.6) is 23.0 Å². The average molecular weight is 338 g/mol. The van der Waals surface area contributed by atoms with Gasteiger partial charge in [0.25, 0.3) is 0 Å². The number of hydrogen-bond acceptors (Lipinski definition) is 5. The van der Waals surface area contributed by atoms with Crippen LogP contribution in [-0.2, 0) is 6.42 Å². The molecule has 0 bridgehead atoms. The van der Waals surface area contributed by atoms with E-state index < -0.39 is 0 Å². The molecule has 0 N–H and O–H groups in total. The lowest BCUT2D eigenvalue weighted by Gasteiger charge is -2.18. The molecule has 0 unspecified atom stereocenters. The van der Waals surface area contributed by atoms with Crippen molar-refractivity contribution in [3.05, 3.63) is 52.6 Å². The summed E-state index contributed by atoms with van der Waals surface area (Å²) in [5.41, 5.74) is 3.27. The summed E-state index contributed by atoms with van der Waals surface area (Å²) in [5.74, 6) is 2.67. The molecule has 0 saturated carbocycles. The maximum Gasteiger partial charge on any atom is 0.189 e. The van der Waals surface area contributed by atoms with Crippen LogP contribution in [-0.4, -0.2) is 33.2 Å². The fourth-order valence-corrected chi connectivity index (χ4v) is 3.20. The summed E-state index contributed by atoms with van der Waals surface area (Å²) in [7, 11) is 3.16. The normalized spacial score (nSPS) is 16.7. The molecule has 0 radical (unpaired) electrons. The third-order valence-electron chi connectivity index (χ3n) is 4.43. The van der Waals surface area contributed by atoms with Crippen molar-refractivity contribution in [1.29, 1.82) is 0 Å². The van der Waals surface area contributed by atoms with Crippen LogP contribution in [0.4, 0.5) is 0 Å². The number of ether oxygens (including phenoxy) is 4. The van der Waals surface area contributed by atoms with Crippen LogP contribution in [0.15, 0.2) is 35.9 Å². The zero-order valence-electron chi connectivity index (χ0n) is 14.1.